The number of nitrogens with zero attached hydrogens (tertiary/aromatic N) is 2. The Morgan fingerprint density at radius 1 is 0.722 bits per heavy atom. The fourth-order valence-electron chi connectivity index (χ4n) is 4.59. The van der Waals surface area contributed by atoms with E-state index in [1.54, 1.807) is 12.1 Å². The van der Waals surface area contributed by atoms with Gasteiger partial charge in [-0.3, -0.25) is 0 Å². The van der Waals surface area contributed by atoms with Crippen LogP contribution in [-0.2, 0) is 29.4 Å². The maximum Gasteiger partial charge on any atom is 0.240 e. The molecule has 1 heterocycles. The predicted octanol–water partition coefficient (Wildman–Crippen LogP) is 5.53. The van der Waals surface area contributed by atoms with Crippen LogP contribution in [0.1, 0.15) is 22.5 Å². The summed E-state index contributed by atoms with van der Waals surface area (Å²) in [6.45, 7) is 2.62. The van der Waals surface area contributed by atoms with E-state index in [0.29, 0.717) is 19.4 Å². The lowest BCUT2D eigenvalue weighted by molar-refractivity contribution is 0.543. The second-order valence-electron chi connectivity index (χ2n) is 9.08. The summed E-state index contributed by atoms with van der Waals surface area (Å²) in [6, 6.07) is 34.9. The summed E-state index contributed by atoms with van der Waals surface area (Å²) >= 11 is 0. The minimum Gasteiger partial charge on any atom is -0.324 e. The number of sulfonamides is 1. The molecule has 0 radical (unpaired) electrons. The Bertz CT molecular complexity index is 1500. The minimum absolute atomic E-state index is 0.264. The normalized spacial score (nSPS) is 11.8. The molecule has 0 saturated carbocycles. The lowest BCUT2D eigenvalue weighted by atomic mass is 10.00. The lowest BCUT2D eigenvalue weighted by Gasteiger charge is -2.19. The summed E-state index contributed by atoms with van der Waals surface area (Å²) in [4.78, 5) is 4.89. The van der Waals surface area contributed by atoms with Gasteiger partial charge in [-0.05, 0) is 60.7 Å². The molecule has 1 aromatic heterocycles. The molecule has 0 amide bonds. The zero-order chi connectivity index (χ0) is 25.0. The molecule has 0 aliphatic heterocycles. The van der Waals surface area contributed by atoms with Crippen molar-refractivity contribution in [3.63, 3.8) is 0 Å². The molecule has 0 aliphatic rings. The zero-order valence-electron chi connectivity index (χ0n) is 20.2. The second kappa shape index (κ2) is 10.5. The first-order chi connectivity index (χ1) is 17.5. The maximum atomic E-state index is 13.4. The van der Waals surface area contributed by atoms with Gasteiger partial charge in [0.1, 0.15) is 5.82 Å². The smallest absolute Gasteiger partial charge is 0.240 e. The van der Waals surface area contributed by atoms with Gasteiger partial charge in [0, 0.05) is 12.6 Å². The van der Waals surface area contributed by atoms with Crippen LogP contribution >= 0.6 is 0 Å². The van der Waals surface area contributed by atoms with Crippen molar-refractivity contribution in [2.75, 3.05) is 0 Å². The fraction of sp³-hybridized carbons (Fsp3) is 0.167. The van der Waals surface area contributed by atoms with Gasteiger partial charge in [0.25, 0.3) is 0 Å². The summed E-state index contributed by atoms with van der Waals surface area (Å²) in [6.07, 6.45) is 1.22. The van der Waals surface area contributed by atoms with E-state index in [2.05, 4.69) is 20.3 Å². The van der Waals surface area contributed by atoms with E-state index in [0.717, 1.165) is 33.5 Å². The van der Waals surface area contributed by atoms with Crippen molar-refractivity contribution in [1.29, 1.82) is 0 Å². The van der Waals surface area contributed by atoms with Crippen LogP contribution in [0.2, 0.25) is 0 Å². The van der Waals surface area contributed by atoms with E-state index in [1.807, 2.05) is 97.9 Å². The number of aryl methyl sites for hydroxylation is 1. The molecule has 0 aliphatic carbocycles. The monoisotopic (exact) mass is 495 g/mol. The molecular weight excluding hydrogens is 466 g/mol. The second-order valence-corrected chi connectivity index (χ2v) is 10.8. The third-order valence-electron chi connectivity index (χ3n) is 6.39. The molecule has 6 heteroatoms. The SMILES string of the molecule is Cc1nc2ccccc2n1Cc1ccc(S(=O)(=O)NC(Cc2ccccc2)Cc2ccccc2)cc1. The van der Waals surface area contributed by atoms with Crippen LogP contribution < -0.4 is 4.72 Å². The highest BCUT2D eigenvalue weighted by molar-refractivity contribution is 7.89. The number of imidazole rings is 1. The van der Waals surface area contributed by atoms with Crippen molar-refractivity contribution >= 4 is 21.1 Å². The average molecular weight is 496 g/mol. The molecule has 4 aromatic carbocycles. The molecule has 0 saturated heterocycles. The molecule has 0 fully saturated rings. The summed E-state index contributed by atoms with van der Waals surface area (Å²) in [5.74, 6) is 0.930. The molecule has 0 atom stereocenters. The summed E-state index contributed by atoms with van der Waals surface area (Å²) in [5, 5.41) is 0. The van der Waals surface area contributed by atoms with Crippen LogP contribution in [-0.4, -0.2) is 24.0 Å². The van der Waals surface area contributed by atoms with Gasteiger partial charge in [-0.25, -0.2) is 18.1 Å². The van der Waals surface area contributed by atoms with E-state index in [9.17, 15) is 8.42 Å². The average Bonchev–Trinajstić information content (AvgIpc) is 3.20. The fourth-order valence-corrected chi connectivity index (χ4v) is 5.83. The highest BCUT2D eigenvalue weighted by Gasteiger charge is 2.21. The topological polar surface area (TPSA) is 64.0 Å². The quantitative estimate of drug-likeness (QED) is 0.293. The first kappa shape index (κ1) is 24.0. The highest BCUT2D eigenvalue weighted by Crippen LogP contribution is 2.19. The number of hydrogen-bond donors (Lipinski definition) is 1. The molecule has 36 heavy (non-hydrogen) atoms. The van der Waals surface area contributed by atoms with Gasteiger partial charge in [-0.15, -0.1) is 0 Å². The third kappa shape index (κ3) is 5.56. The molecule has 182 valence electrons. The lowest BCUT2D eigenvalue weighted by Crippen LogP contribution is -2.38. The van der Waals surface area contributed by atoms with Crippen LogP contribution in [0.5, 0.6) is 0 Å². The number of rotatable bonds is 9. The van der Waals surface area contributed by atoms with Gasteiger partial charge in [0.2, 0.25) is 10.0 Å². The van der Waals surface area contributed by atoms with Crippen molar-refractivity contribution in [1.82, 2.24) is 14.3 Å². The Morgan fingerprint density at radius 2 is 1.28 bits per heavy atom. The Balaban J connectivity index is 1.35. The van der Waals surface area contributed by atoms with E-state index in [1.165, 1.54) is 0 Å². The number of benzene rings is 4. The van der Waals surface area contributed by atoms with Gasteiger partial charge in [-0.2, -0.15) is 0 Å². The highest BCUT2D eigenvalue weighted by atomic mass is 32.2. The zero-order valence-corrected chi connectivity index (χ0v) is 21.0. The summed E-state index contributed by atoms with van der Waals surface area (Å²) < 4.78 is 31.8. The molecule has 5 rings (SSSR count). The van der Waals surface area contributed by atoms with Gasteiger partial charge in [0.05, 0.1) is 15.9 Å². The Labute approximate surface area is 212 Å². The van der Waals surface area contributed by atoms with Crippen molar-refractivity contribution in [2.24, 2.45) is 0 Å². The molecule has 0 unspecified atom stereocenters. The van der Waals surface area contributed by atoms with Gasteiger partial charge in [0.15, 0.2) is 0 Å². The molecule has 1 N–H and O–H groups in total. The van der Waals surface area contributed by atoms with Gasteiger partial charge < -0.3 is 4.57 Å². The third-order valence-corrected chi connectivity index (χ3v) is 7.93. The number of hydrogen-bond acceptors (Lipinski definition) is 3. The number of para-hydroxylation sites is 2. The van der Waals surface area contributed by atoms with Crippen LogP contribution in [0, 0.1) is 6.92 Å². The van der Waals surface area contributed by atoms with Crippen LogP contribution in [0.3, 0.4) is 0 Å². The molecule has 5 nitrogen and oxygen atoms in total. The molecule has 5 aromatic rings. The predicted molar refractivity (Wildman–Crippen MR) is 144 cm³/mol. The Hall–Kier alpha value is -3.74. The van der Waals surface area contributed by atoms with E-state index in [4.69, 9.17) is 0 Å². The standard InChI is InChI=1S/C30H29N3O2S/c1-23-31-29-14-8-9-15-30(29)33(23)22-26-16-18-28(19-17-26)36(34,35)32-27(20-24-10-4-2-5-11-24)21-25-12-6-3-7-13-25/h2-19,27,32H,20-22H2,1H3. The van der Waals surface area contributed by atoms with Crippen molar-refractivity contribution in [3.8, 4) is 0 Å². The first-order valence-corrected chi connectivity index (χ1v) is 13.6. The minimum atomic E-state index is -3.69. The number of nitrogens with one attached hydrogen (secondary N) is 1. The van der Waals surface area contributed by atoms with Crippen molar-refractivity contribution in [2.45, 2.75) is 37.2 Å². The van der Waals surface area contributed by atoms with Gasteiger partial charge >= 0.3 is 0 Å². The van der Waals surface area contributed by atoms with Crippen molar-refractivity contribution < 1.29 is 8.42 Å². The first-order valence-electron chi connectivity index (χ1n) is 12.1. The molecule has 0 bridgehead atoms. The molecular formula is C30H29N3O2S. The number of aromatic nitrogens is 2. The number of fused-ring (bicyclic) bond motifs is 1. The van der Waals surface area contributed by atoms with Crippen molar-refractivity contribution in [3.05, 3.63) is 132 Å². The summed E-state index contributed by atoms with van der Waals surface area (Å²) in [7, 11) is -3.69. The summed E-state index contributed by atoms with van der Waals surface area (Å²) in [5.41, 5.74) is 5.24. The maximum absolute atomic E-state index is 13.4. The Morgan fingerprint density at radius 3 is 1.89 bits per heavy atom. The van der Waals surface area contributed by atoms with Crippen LogP contribution in [0.15, 0.2) is 114 Å². The van der Waals surface area contributed by atoms with E-state index < -0.39 is 10.0 Å². The largest absolute Gasteiger partial charge is 0.324 e. The van der Waals surface area contributed by atoms with Crippen LogP contribution in [0.25, 0.3) is 11.0 Å². The van der Waals surface area contributed by atoms with E-state index in [-0.39, 0.29) is 10.9 Å². The Kier molecular flexibility index (Phi) is 6.98. The van der Waals surface area contributed by atoms with E-state index >= 15 is 0 Å². The van der Waals surface area contributed by atoms with Crippen LogP contribution in [0.4, 0.5) is 0 Å². The van der Waals surface area contributed by atoms with Gasteiger partial charge in [-0.1, -0.05) is 84.9 Å². The molecule has 0 spiro atoms.